The second-order valence-corrected chi connectivity index (χ2v) is 11.8. The summed E-state index contributed by atoms with van der Waals surface area (Å²) in [6.07, 6.45) is 0.750. The van der Waals surface area contributed by atoms with Gasteiger partial charge in [0, 0.05) is 13.1 Å². The van der Waals surface area contributed by atoms with Crippen LogP contribution in [0.1, 0.15) is 42.5 Å². The Hall–Kier alpha value is -3.85. The minimum Gasteiger partial charge on any atom is -0.497 e. The van der Waals surface area contributed by atoms with Crippen molar-refractivity contribution in [2.45, 2.75) is 58.5 Å². The summed E-state index contributed by atoms with van der Waals surface area (Å²) in [5.74, 6) is -0.132. The molecule has 8 nitrogen and oxygen atoms in total. The summed E-state index contributed by atoms with van der Waals surface area (Å²) in [6, 6.07) is 18.2. The summed E-state index contributed by atoms with van der Waals surface area (Å²) in [4.78, 5) is 28.4. The number of amides is 2. The van der Waals surface area contributed by atoms with Crippen molar-refractivity contribution in [1.29, 1.82) is 0 Å². The number of carbonyl (C=O) groups excluding carboxylic acids is 2. The first-order chi connectivity index (χ1) is 19.0. The summed E-state index contributed by atoms with van der Waals surface area (Å²) in [5.41, 5.74) is 3.99. The van der Waals surface area contributed by atoms with Gasteiger partial charge in [0.25, 0.3) is 10.0 Å². The Kier molecular flexibility index (Phi) is 10.3. The summed E-state index contributed by atoms with van der Waals surface area (Å²) in [6.45, 7) is 9.44. The number of rotatable bonds is 12. The number of anilines is 1. The number of benzene rings is 3. The lowest BCUT2D eigenvalue weighted by molar-refractivity contribution is -0.139. The van der Waals surface area contributed by atoms with E-state index in [-0.39, 0.29) is 17.3 Å². The summed E-state index contributed by atoms with van der Waals surface area (Å²) < 4.78 is 34.2. The van der Waals surface area contributed by atoms with Gasteiger partial charge in [0.05, 0.1) is 17.7 Å². The molecule has 1 unspecified atom stereocenters. The maximum Gasteiger partial charge on any atom is 0.264 e. The van der Waals surface area contributed by atoms with Crippen LogP contribution in [0.5, 0.6) is 5.75 Å². The molecular formula is C31H39N3O5S. The van der Waals surface area contributed by atoms with E-state index in [0.717, 1.165) is 33.0 Å². The highest BCUT2D eigenvalue weighted by atomic mass is 32.2. The second kappa shape index (κ2) is 13.5. The lowest BCUT2D eigenvalue weighted by Gasteiger charge is -2.32. The Morgan fingerprint density at radius 2 is 1.57 bits per heavy atom. The highest BCUT2D eigenvalue weighted by Crippen LogP contribution is 2.27. The zero-order valence-electron chi connectivity index (χ0n) is 24.1. The van der Waals surface area contributed by atoms with E-state index in [4.69, 9.17) is 4.74 Å². The zero-order valence-corrected chi connectivity index (χ0v) is 24.9. The first-order valence-corrected chi connectivity index (χ1v) is 14.8. The van der Waals surface area contributed by atoms with Crippen LogP contribution in [-0.2, 0) is 26.2 Å². The highest BCUT2D eigenvalue weighted by molar-refractivity contribution is 7.92. The molecular weight excluding hydrogens is 526 g/mol. The number of methoxy groups -OCH3 is 1. The fraction of sp³-hybridized carbons (Fsp3) is 0.355. The Morgan fingerprint density at radius 1 is 0.925 bits per heavy atom. The van der Waals surface area contributed by atoms with Crippen LogP contribution in [0.3, 0.4) is 0 Å². The number of nitrogens with zero attached hydrogens (tertiary/aromatic N) is 2. The standard InChI is InChI=1S/C31H39N3O5S/c1-7-18-32-31(36)25(5)33(20-26-11-14-28(39-6)15-12-26)30(35)21-34(27-13-10-23(3)24(4)19-27)40(37,38)29-16-8-22(2)9-17-29/h8-17,19,25H,7,18,20-21H2,1-6H3,(H,32,36). The number of nitrogens with one attached hydrogen (secondary N) is 1. The molecule has 0 heterocycles. The van der Waals surface area contributed by atoms with Crippen molar-refractivity contribution in [3.8, 4) is 5.75 Å². The lowest BCUT2D eigenvalue weighted by Crippen LogP contribution is -2.51. The van der Waals surface area contributed by atoms with Crippen LogP contribution in [-0.4, -0.2) is 51.4 Å². The number of aryl methyl sites for hydroxylation is 3. The molecule has 0 saturated carbocycles. The monoisotopic (exact) mass is 565 g/mol. The van der Waals surface area contributed by atoms with Gasteiger partial charge in [-0.3, -0.25) is 13.9 Å². The van der Waals surface area contributed by atoms with Crippen molar-refractivity contribution in [1.82, 2.24) is 10.2 Å². The van der Waals surface area contributed by atoms with Crippen molar-refractivity contribution in [3.05, 3.63) is 89.0 Å². The maximum absolute atomic E-state index is 14.0. The fourth-order valence-electron chi connectivity index (χ4n) is 4.15. The van der Waals surface area contributed by atoms with E-state index in [1.54, 1.807) is 62.6 Å². The predicted octanol–water partition coefficient (Wildman–Crippen LogP) is 4.76. The molecule has 0 aliphatic rings. The molecule has 1 atom stereocenters. The lowest BCUT2D eigenvalue weighted by atomic mass is 10.1. The van der Waals surface area contributed by atoms with Crippen LogP contribution >= 0.6 is 0 Å². The van der Waals surface area contributed by atoms with E-state index in [9.17, 15) is 18.0 Å². The molecule has 0 aliphatic heterocycles. The highest BCUT2D eigenvalue weighted by Gasteiger charge is 2.32. The van der Waals surface area contributed by atoms with Crippen molar-refractivity contribution in [2.75, 3.05) is 24.5 Å². The molecule has 3 aromatic rings. The minimum absolute atomic E-state index is 0.0829. The number of hydrogen-bond acceptors (Lipinski definition) is 5. The minimum atomic E-state index is -4.10. The van der Waals surface area contributed by atoms with Crippen LogP contribution in [0.2, 0.25) is 0 Å². The Labute approximate surface area is 238 Å². The van der Waals surface area contributed by atoms with Crippen LogP contribution in [0, 0.1) is 20.8 Å². The van der Waals surface area contributed by atoms with E-state index in [1.165, 1.54) is 4.90 Å². The molecule has 0 aliphatic carbocycles. The number of carbonyl (C=O) groups is 2. The fourth-order valence-corrected chi connectivity index (χ4v) is 5.56. The van der Waals surface area contributed by atoms with Crippen LogP contribution in [0.15, 0.2) is 71.6 Å². The summed E-state index contributed by atoms with van der Waals surface area (Å²) in [7, 11) is -2.53. The third-order valence-corrected chi connectivity index (χ3v) is 8.68. The molecule has 40 heavy (non-hydrogen) atoms. The van der Waals surface area contributed by atoms with Crippen LogP contribution in [0.4, 0.5) is 5.69 Å². The van der Waals surface area contributed by atoms with Crippen molar-refractivity contribution >= 4 is 27.5 Å². The first kappa shape index (κ1) is 30.7. The van der Waals surface area contributed by atoms with E-state index in [1.807, 2.05) is 45.9 Å². The molecule has 0 bridgehead atoms. The van der Waals surface area contributed by atoms with Gasteiger partial charge >= 0.3 is 0 Å². The average Bonchev–Trinajstić information content (AvgIpc) is 2.94. The SMILES string of the molecule is CCCNC(=O)C(C)N(Cc1ccc(OC)cc1)C(=O)CN(c1ccc(C)c(C)c1)S(=O)(=O)c1ccc(C)cc1. The van der Waals surface area contributed by atoms with Gasteiger partial charge in [0.1, 0.15) is 18.3 Å². The Morgan fingerprint density at radius 3 is 2.15 bits per heavy atom. The van der Waals surface area contributed by atoms with E-state index in [2.05, 4.69) is 5.32 Å². The Balaban J connectivity index is 2.03. The largest absolute Gasteiger partial charge is 0.497 e. The molecule has 0 fully saturated rings. The smallest absolute Gasteiger partial charge is 0.264 e. The van der Waals surface area contributed by atoms with Gasteiger partial charge in [-0.2, -0.15) is 0 Å². The second-order valence-electron chi connectivity index (χ2n) is 9.93. The van der Waals surface area contributed by atoms with Crippen molar-refractivity contribution in [3.63, 3.8) is 0 Å². The Bertz CT molecular complexity index is 1420. The molecule has 9 heteroatoms. The van der Waals surface area contributed by atoms with Gasteiger partial charge < -0.3 is 15.0 Å². The van der Waals surface area contributed by atoms with Gasteiger partial charge in [-0.05, 0) is 87.2 Å². The molecule has 1 N–H and O–H groups in total. The van der Waals surface area contributed by atoms with Crippen LogP contribution in [0.25, 0.3) is 0 Å². The molecule has 3 aromatic carbocycles. The predicted molar refractivity (Wildman–Crippen MR) is 158 cm³/mol. The number of hydrogen-bond donors (Lipinski definition) is 1. The van der Waals surface area contributed by atoms with Gasteiger partial charge in [-0.1, -0.05) is 42.8 Å². The topological polar surface area (TPSA) is 96.0 Å². The maximum atomic E-state index is 14.0. The zero-order chi connectivity index (χ0) is 29.4. The van der Waals surface area contributed by atoms with Crippen molar-refractivity contribution < 1.29 is 22.7 Å². The first-order valence-electron chi connectivity index (χ1n) is 13.3. The molecule has 3 rings (SSSR count). The normalized spacial score (nSPS) is 11.9. The van der Waals surface area contributed by atoms with Gasteiger partial charge in [0.2, 0.25) is 11.8 Å². The van der Waals surface area contributed by atoms with Crippen LogP contribution < -0.4 is 14.4 Å². The molecule has 0 saturated heterocycles. The summed E-state index contributed by atoms with van der Waals surface area (Å²) in [5, 5.41) is 2.85. The average molecular weight is 566 g/mol. The molecule has 0 aromatic heterocycles. The van der Waals surface area contributed by atoms with E-state index in [0.29, 0.717) is 18.0 Å². The molecule has 2 amide bonds. The third kappa shape index (κ3) is 7.41. The molecule has 214 valence electrons. The third-order valence-electron chi connectivity index (χ3n) is 6.89. The molecule has 0 radical (unpaired) electrons. The molecule has 0 spiro atoms. The van der Waals surface area contributed by atoms with Crippen molar-refractivity contribution in [2.24, 2.45) is 0 Å². The number of sulfonamides is 1. The quantitative estimate of drug-likeness (QED) is 0.342. The summed E-state index contributed by atoms with van der Waals surface area (Å²) >= 11 is 0. The van der Waals surface area contributed by atoms with Gasteiger partial charge in [-0.15, -0.1) is 0 Å². The number of ether oxygens (including phenoxy) is 1. The van der Waals surface area contributed by atoms with Gasteiger partial charge in [0.15, 0.2) is 0 Å². The van der Waals surface area contributed by atoms with E-state index < -0.39 is 28.5 Å². The van der Waals surface area contributed by atoms with E-state index >= 15 is 0 Å². The van der Waals surface area contributed by atoms with Gasteiger partial charge in [-0.25, -0.2) is 8.42 Å².